The van der Waals surface area contributed by atoms with Gasteiger partial charge in [-0.3, -0.25) is 13.9 Å². The van der Waals surface area contributed by atoms with Crippen LogP contribution >= 0.6 is 0 Å². The monoisotopic (exact) mass is 390 g/mol. The first-order valence-electron chi connectivity index (χ1n) is 9.09. The van der Waals surface area contributed by atoms with Crippen molar-refractivity contribution in [3.63, 3.8) is 0 Å². The van der Waals surface area contributed by atoms with Crippen LogP contribution in [-0.2, 0) is 13.6 Å². The summed E-state index contributed by atoms with van der Waals surface area (Å²) in [5.74, 6) is 0.197. The molecule has 0 amide bonds. The third-order valence-electron chi connectivity index (χ3n) is 5.75. The Bertz CT molecular complexity index is 836. The number of rotatable bonds is 3. The molecule has 1 aromatic heterocycles. The third kappa shape index (κ3) is 3.24. The van der Waals surface area contributed by atoms with E-state index in [0.29, 0.717) is 18.2 Å². The number of nitrogens with one attached hydrogen (secondary N) is 1. The van der Waals surface area contributed by atoms with Gasteiger partial charge in [0.15, 0.2) is 5.60 Å². The second-order valence-corrected chi connectivity index (χ2v) is 7.83. The fraction of sp³-hybridized carbons (Fsp3) is 0.765. The van der Waals surface area contributed by atoms with Crippen LogP contribution in [0.15, 0.2) is 9.59 Å². The van der Waals surface area contributed by atoms with E-state index >= 15 is 0 Å². The smallest absolute Gasteiger partial charge is 0.380 e. The highest BCUT2D eigenvalue weighted by atomic mass is 19.4. The van der Waals surface area contributed by atoms with Gasteiger partial charge >= 0.3 is 11.9 Å². The molecule has 2 heterocycles. The molecular formula is C17H25F3N4O3. The second kappa shape index (κ2) is 6.57. The Morgan fingerprint density at radius 3 is 2.37 bits per heavy atom. The Labute approximate surface area is 154 Å². The van der Waals surface area contributed by atoms with Crippen LogP contribution < -0.4 is 21.5 Å². The molecule has 1 fully saturated rings. The molecule has 0 bridgehead atoms. The molecule has 1 aliphatic carbocycles. The van der Waals surface area contributed by atoms with Gasteiger partial charge in [0, 0.05) is 19.6 Å². The van der Waals surface area contributed by atoms with Crippen molar-refractivity contribution >= 4 is 11.5 Å². The van der Waals surface area contributed by atoms with Gasteiger partial charge < -0.3 is 15.3 Å². The van der Waals surface area contributed by atoms with Crippen LogP contribution in [0.2, 0.25) is 0 Å². The van der Waals surface area contributed by atoms with Crippen molar-refractivity contribution in [3.8, 4) is 0 Å². The molecule has 1 aromatic rings. The van der Waals surface area contributed by atoms with E-state index in [1.165, 1.54) is 4.57 Å². The second-order valence-electron chi connectivity index (χ2n) is 7.83. The molecule has 3 rings (SSSR count). The highest BCUT2D eigenvalue weighted by molar-refractivity contribution is 5.70. The summed E-state index contributed by atoms with van der Waals surface area (Å²) in [6.07, 6.45) is -5.28. The average Bonchev–Trinajstić information content (AvgIpc) is 3.03. The van der Waals surface area contributed by atoms with Crippen LogP contribution in [-0.4, -0.2) is 38.7 Å². The lowest BCUT2D eigenvalue weighted by Crippen LogP contribution is -2.49. The molecule has 0 saturated heterocycles. The quantitative estimate of drug-likeness (QED) is 0.820. The first-order chi connectivity index (χ1) is 12.5. The Kier molecular flexibility index (Phi) is 4.82. The van der Waals surface area contributed by atoms with Crippen LogP contribution in [0.25, 0.3) is 0 Å². The average molecular weight is 390 g/mol. The van der Waals surface area contributed by atoms with E-state index < -0.39 is 35.9 Å². The van der Waals surface area contributed by atoms with Gasteiger partial charge in [-0.15, -0.1) is 0 Å². The van der Waals surface area contributed by atoms with Crippen LogP contribution in [0, 0.1) is 5.92 Å². The SMILES string of the molecule is CC(C)N1CNc2c1c(=O)n(CC1CCC(O)(C(F)(F)F)CC1)c(=O)n2C. The molecule has 7 nitrogen and oxygen atoms in total. The Hall–Kier alpha value is -1.97. The number of hydrogen-bond acceptors (Lipinski definition) is 5. The van der Waals surface area contributed by atoms with Crippen molar-refractivity contribution in [3.05, 3.63) is 20.8 Å². The van der Waals surface area contributed by atoms with E-state index in [0.717, 1.165) is 4.57 Å². The molecule has 0 atom stereocenters. The van der Waals surface area contributed by atoms with Crippen molar-refractivity contribution < 1.29 is 18.3 Å². The highest BCUT2D eigenvalue weighted by Crippen LogP contribution is 2.43. The number of halogens is 3. The maximum atomic E-state index is 13.0. The molecule has 0 aromatic carbocycles. The first-order valence-corrected chi connectivity index (χ1v) is 9.09. The lowest BCUT2D eigenvalue weighted by Gasteiger charge is -2.37. The predicted octanol–water partition coefficient (Wildman–Crippen LogP) is 1.63. The number of anilines is 2. The lowest BCUT2D eigenvalue weighted by atomic mass is 9.78. The number of alkyl halides is 3. The topological polar surface area (TPSA) is 79.5 Å². The van der Waals surface area contributed by atoms with Gasteiger partial charge in [0.2, 0.25) is 0 Å². The van der Waals surface area contributed by atoms with Crippen molar-refractivity contribution in [2.45, 2.75) is 63.9 Å². The molecular weight excluding hydrogens is 365 g/mol. The summed E-state index contributed by atoms with van der Waals surface area (Å²) in [5, 5.41) is 12.9. The molecule has 1 saturated carbocycles. The highest BCUT2D eigenvalue weighted by Gasteiger charge is 2.54. The molecule has 152 valence electrons. The summed E-state index contributed by atoms with van der Waals surface area (Å²) in [7, 11) is 1.57. The lowest BCUT2D eigenvalue weighted by molar-refractivity contribution is -0.272. The number of fused-ring (bicyclic) bond motifs is 1. The zero-order valence-corrected chi connectivity index (χ0v) is 15.6. The Morgan fingerprint density at radius 1 is 1.26 bits per heavy atom. The van der Waals surface area contributed by atoms with E-state index in [4.69, 9.17) is 0 Å². The summed E-state index contributed by atoms with van der Waals surface area (Å²) in [4.78, 5) is 27.4. The van der Waals surface area contributed by atoms with Gasteiger partial charge in [0.1, 0.15) is 11.5 Å². The van der Waals surface area contributed by atoms with E-state index in [2.05, 4.69) is 5.32 Å². The van der Waals surface area contributed by atoms with E-state index in [1.54, 1.807) is 7.05 Å². The summed E-state index contributed by atoms with van der Waals surface area (Å²) in [5.41, 5.74) is -3.18. The molecule has 0 spiro atoms. The first kappa shape index (κ1) is 19.8. The number of aliphatic hydroxyl groups is 1. The van der Waals surface area contributed by atoms with Gasteiger partial charge in [-0.25, -0.2) is 4.79 Å². The van der Waals surface area contributed by atoms with Crippen molar-refractivity contribution in [1.29, 1.82) is 0 Å². The van der Waals surface area contributed by atoms with Crippen LogP contribution in [0.4, 0.5) is 24.7 Å². The zero-order valence-electron chi connectivity index (χ0n) is 15.6. The third-order valence-corrected chi connectivity index (χ3v) is 5.75. The van der Waals surface area contributed by atoms with E-state index in [1.807, 2.05) is 18.7 Å². The number of hydrogen-bond donors (Lipinski definition) is 2. The van der Waals surface area contributed by atoms with Crippen molar-refractivity contribution in [2.24, 2.45) is 13.0 Å². The maximum absolute atomic E-state index is 13.0. The van der Waals surface area contributed by atoms with Crippen LogP contribution in [0.1, 0.15) is 39.5 Å². The predicted molar refractivity (Wildman–Crippen MR) is 95.0 cm³/mol. The largest absolute Gasteiger partial charge is 0.417 e. The fourth-order valence-corrected chi connectivity index (χ4v) is 3.93. The fourth-order valence-electron chi connectivity index (χ4n) is 3.93. The molecule has 2 N–H and O–H groups in total. The van der Waals surface area contributed by atoms with Crippen molar-refractivity contribution in [1.82, 2.24) is 9.13 Å². The summed E-state index contributed by atoms with van der Waals surface area (Å²) < 4.78 is 41.4. The van der Waals surface area contributed by atoms with Gasteiger partial charge in [0.05, 0.1) is 6.67 Å². The standard InChI is InChI=1S/C17H25F3N4O3/c1-10(2)24-9-21-13-12(24)14(25)23(15(26)22(13)3)8-11-4-6-16(27,7-5-11)17(18,19)20/h10-11,21,27H,4-9H2,1-3H3. The van der Waals surface area contributed by atoms with E-state index in [-0.39, 0.29) is 31.3 Å². The van der Waals surface area contributed by atoms with Gasteiger partial charge in [-0.05, 0) is 45.4 Å². The summed E-state index contributed by atoms with van der Waals surface area (Å²) in [6.45, 7) is 4.34. The maximum Gasteiger partial charge on any atom is 0.417 e. The van der Waals surface area contributed by atoms with E-state index in [9.17, 15) is 27.9 Å². The molecule has 0 radical (unpaired) electrons. The minimum absolute atomic E-state index is 0.0499. The van der Waals surface area contributed by atoms with Gasteiger partial charge in [-0.2, -0.15) is 13.2 Å². The van der Waals surface area contributed by atoms with Crippen LogP contribution in [0.3, 0.4) is 0 Å². The molecule has 1 aliphatic heterocycles. The minimum atomic E-state index is -4.66. The Balaban J connectivity index is 1.88. The normalized spacial score (nSPS) is 25.6. The van der Waals surface area contributed by atoms with Crippen LogP contribution in [0.5, 0.6) is 0 Å². The van der Waals surface area contributed by atoms with Crippen molar-refractivity contribution in [2.75, 3.05) is 16.9 Å². The summed E-state index contributed by atoms with van der Waals surface area (Å²) >= 11 is 0. The Morgan fingerprint density at radius 2 is 1.85 bits per heavy atom. The molecule has 0 unspecified atom stereocenters. The summed E-state index contributed by atoms with van der Waals surface area (Å²) in [6, 6.07) is 0.0499. The molecule has 2 aliphatic rings. The minimum Gasteiger partial charge on any atom is -0.380 e. The van der Waals surface area contributed by atoms with Gasteiger partial charge in [-0.1, -0.05) is 0 Å². The molecule has 10 heteroatoms. The number of aromatic nitrogens is 2. The molecule has 27 heavy (non-hydrogen) atoms. The zero-order chi connectivity index (χ0) is 20.1. The number of nitrogens with zero attached hydrogens (tertiary/aromatic N) is 3. The van der Waals surface area contributed by atoms with Gasteiger partial charge in [0.25, 0.3) is 5.56 Å².